The van der Waals surface area contributed by atoms with Crippen molar-refractivity contribution in [2.24, 2.45) is 5.92 Å². The van der Waals surface area contributed by atoms with E-state index in [-0.39, 0.29) is 18.6 Å². The van der Waals surface area contributed by atoms with Crippen molar-refractivity contribution in [1.29, 1.82) is 0 Å². The van der Waals surface area contributed by atoms with Gasteiger partial charge in [0.25, 0.3) is 0 Å². The Morgan fingerprint density at radius 2 is 1.84 bits per heavy atom. The highest BCUT2D eigenvalue weighted by molar-refractivity contribution is 5.30. The number of hydrogen-bond donors (Lipinski definition) is 2. The van der Waals surface area contributed by atoms with Gasteiger partial charge in [-0.25, -0.2) is 0 Å². The maximum Gasteiger partial charge on any atom is 0.119 e. The fourth-order valence-electron chi connectivity index (χ4n) is 2.84. The van der Waals surface area contributed by atoms with Gasteiger partial charge in [0.1, 0.15) is 5.75 Å². The minimum absolute atomic E-state index is 0.198. The molecule has 2 rings (SSSR count). The van der Waals surface area contributed by atoms with E-state index in [1.54, 1.807) is 0 Å². The first kappa shape index (κ1) is 14.4. The molecule has 1 aliphatic heterocycles. The molecule has 2 N–H and O–H groups in total. The van der Waals surface area contributed by atoms with Crippen LogP contribution >= 0.6 is 0 Å². The fraction of sp³-hybridized carbons (Fsp3) is 0.625. The van der Waals surface area contributed by atoms with Crippen molar-refractivity contribution in [2.75, 3.05) is 19.7 Å². The Labute approximate surface area is 116 Å². The standard InChI is InChI=1S/C16H25NO2/c1-12(2)19-15-5-3-13(4-6-15)16(11-18)14-7-9-17-10-8-14/h3-6,12,14,16-18H,7-11H2,1-2H3. The Hall–Kier alpha value is -1.06. The number of hydrogen-bond acceptors (Lipinski definition) is 3. The van der Waals surface area contributed by atoms with Crippen molar-refractivity contribution in [3.8, 4) is 5.75 Å². The first-order valence-corrected chi connectivity index (χ1v) is 7.29. The van der Waals surface area contributed by atoms with Gasteiger partial charge >= 0.3 is 0 Å². The van der Waals surface area contributed by atoms with Gasteiger partial charge in [-0.15, -0.1) is 0 Å². The zero-order valence-electron chi connectivity index (χ0n) is 11.9. The van der Waals surface area contributed by atoms with Gasteiger partial charge in [-0.05, 0) is 63.4 Å². The highest BCUT2D eigenvalue weighted by Gasteiger charge is 2.24. The third-order valence-corrected chi connectivity index (χ3v) is 3.83. The number of aliphatic hydroxyl groups excluding tert-OH is 1. The zero-order chi connectivity index (χ0) is 13.7. The number of benzene rings is 1. The number of piperidine rings is 1. The molecular weight excluding hydrogens is 238 g/mol. The summed E-state index contributed by atoms with van der Waals surface area (Å²) in [4.78, 5) is 0. The Morgan fingerprint density at radius 1 is 1.21 bits per heavy atom. The second-order valence-corrected chi connectivity index (χ2v) is 5.61. The smallest absolute Gasteiger partial charge is 0.119 e. The van der Waals surface area contributed by atoms with E-state index >= 15 is 0 Å². The van der Waals surface area contributed by atoms with Gasteiger partial charge in [0.05, 0.1) is 12.7 Å². The van der Waals surface area contributed by atoms with Crippen LogP contribution in [0.25, 0.3) is 0 Å². The van der Waals surface area contributed by atoms with Crippen LogP contribution in [0.2, 0.25) is 0 Å². The minimum atomic E-state index is 0.198. The maximum absolute atomic E-state index is 9.69. The van der Waals surface area contributed by atoms with Crippen molar-refractivity contribution in [2.45, 2.75) is 38.7 Å². The third-order valence-electron chi connectivity index (χ3n) is 3.83. The van der Waals surface area contributed by atoms with Crippen LogP contribution in [0.5, 0.6) is 5.75 Å². The van der Waals surface area contributed by atoms with E-state index in [1.807, 2.05) is 26.0 Å². The predicted octanol–water partition coefficient (Wildman–Crippen LogP) is 2.55. The third kappa shape index (κ3) is 3.95. The van der Waals surface area contributed by atoms with Crippen LogP contribution < -0.4 is 10.1 Å². The summed E-state index contributed by atoms with van der Waals surface area (Å²) in [5.41, 5.74) is 1.23. The van der Waals surface area contributed by atoms with Crippen molar-refractivity contribution in [3.63, 3.8) is 0 Å². The largest absolute Gasteiger partial charge is 0.491 e. The van der Waals surface area contributed by atoms with Gasteiger partial charge in [0, 0.05) is 5.92 Å². The van der Waals surface area contributed by atoms with Crippen LogP contribution in [0.15, 0.2) is 24.3 Å². The lowest BCUT2D eigenvalue weighted by Crippen LogP contribution is -2.32. The Balaban J connectivity index is 2.05. The summed E-state index contributed by atoms with van der Waals surface area (Å²) in [6, 6.07) is 8.22. The number of nitrogens with one attached hydrogen (secondary N) is 1. The highest BCUT2D eigenvalue weighted by Crippen LogP contribution is 2.31. The van der Waals surface area contributed by atoms with E-state index < -0.39 is 0 Å². The first-order valence-electron chi connectivity index (χ1n) is 7.29. The Morgan fingerprint density at radius 3 is 2.37 bits per heavy atom. The molecular formula is C16H25NO2. The molecule has 0 spiro atoms. The van der Waals surface area contributed by atoms with Crippen LogP contribution in [-0.2, 0) is 0 Å². The summed E-state index contributed by atoms with van der Waals surface area (Å²) >= 11 is 0. The van der Waals surface area contributed by atoms with E-state index in [0.717, 1.165) is 31.7 Å². The van der Waals surface area contributed by atoms with E-state index in [4.69, 9.17) is 4.74 Å². The fourth-order valence-corrected chi connectivity index (χ4v) is 2.84. The van der Waals surface area contributed by atoms with E-state index in [9.17, 15) is 5.11 Å². The average Bonchev–Trinajstić information content (AvgIpc) is 2.42. The summed E-state index contributed by atoms with van der Waals surface area (Å²) in [7, 11) is 0. The SMILES string of the molecule is CC(C)Oc1ccc(C(CO)C2CCNCC2)cc1. The van der Waals surface area contributed by atoms with Gasteiger partial charge in [0.15, 0.2) is 0 Å². The molecule has 0 bridgehead atoms. The van der Waals surface area contributed by atoms with E-state index in [1.165, 1.54) is 5.56 Å². The first-order chi connectivity index (χ1) is 9.20. The zero-order valence-corrected chi connectivity index (χ0v) is 11.9. The van der Waals surface area contributed by atoms with Crippen LogP contribution in [0.1, 0.15) is 38.2 Å². The van der Waals surface area contributed by atoms with Crippen LogP contribution in [0, 0.1) is 5.92 Å². The maximum atomic E-state index is 9.69. The second kappa shape index (κ2) is 6.92. The molecule has 1 atom stereocenters. The van der Waals surface area contributed by atoms with Crippen LogP contribution in [0.4, 0.5) is 0 Å². The molecule has 1 fully saturated rings. The summed E-state index contributed by atoms with van der Waals surface area (Å²) < 4.78 is 5.66. The molecule has 0 aromatic heterocycles. The molecule has 1 unspecified atom stereocenters. The summed E-state index contributed by atoms with van der Waals surface area (Å²) in [6.07, 6.45) is 2.49. The number of rotatable bonds is 5. The monoisotopic (exact) mass is 263 g/mol. The van der Waals surface area contributed by atoms with Gasteiger partial charge in [-0.3, -0.25) is 0 Å². The Kier molecular flexibility index (Phi) is 5.23. The highest BCUT2D eigenvalue weighted by atomic mass is 16.5. The molecule has 19 heavy (non-hydrogen) atoms. The number of ether oxygens (including phenoxy) is 1. The van der Waals surface area contributed by atoms with E-state index in [0.29, 0.717) is 5.92 Å². The minimum Gasteiger partial charge on any atom is -0.491 e. The van der Waals surface area contributed by atoms with Gasteiger partial charge in [0.2, 0.25) is 0 Å². The predicted molar refractivity (Wildman–Crippen MR) is 77.6 cm³/mol. The summed E-state index contributed by atoms with van der Waals surface area (Å²) in [6.45, 7) is 6.42. The van der Waals surface area contributed by atoms with Crippen molar-refractivity contribution >= 4 is 0 Å². The van der Waals surface area contributed by atoms with Crippen molar-refractivity contribution < 1.29 is 9.84 Å². The van der Waals surface area contributed by atoms with Gasteiger partial charge in [-0.1, -0.05) is 12.1 Å². The van der Waals surface area contributed by atoms with Crippen LogP contribution in [0.3, 0.4) is 0 Å². The molecule has 1 aromatic carbocycles. The van der Waals surface area contributed by atoms with Crippen molar-refractivity contribution in [3.05, 3.63) is 29.8 Å². The molecule has 0 radical (unpaired) electrons. The molecule has 1 saturated heterocycles. The van der Waals surface area contributed by atoms with Gasteiger partial charge < -0.3 is 15.2 Å². The molecule has 1 heterocycles. The van der Waals surface area contributed by atoms with Gasteiger partial charge in [-0.2, -0.15) is 0 Å². The molecule has 3 heteroatoms. The average molecular weight is 263 g/mol. The lowest BCUT2D eigenvalue weighted by Gasteiger charge is -2.30. The normalized spacial score (nSPS) is 18.5. The van der Waals surface area contributed by atoms with E-state index in [2.05, 4.69) is 17.4 Å². The molecule has 3 nitrogen and oxygen atoms in total. The molecule has 0 aliphatic carbocycles. The van der Waals surface area contributed by atoms with Crippen LogP contribution in [-0.4, -0.2) is 30.9 Å². The molecule has 0 amide bonds. The second-order valence-electron chi connectivity index (χ2n) is 5.61. The number of aliphatic hydroxyl groups is 1. The quantitative estimate of drug-likeness (QED) is 0.858. The lowest BCUT2D eigenvalue weighted by atomic mass is 9.81. The molecule has 106 valence electrons. The lowest BCUT2D eigenvalue weighted by molar-refractivity contribution is 0.201. The Bertz CT molecular complexity index is 369. The topological polar surface area (TPSA) is 41.5 Å². The summed E-state index contributed by atoms with van der Waals surface area (Å²) in [5.74, 6) is 1.75. The molecule has 1 aliphatic rings. The molecule has 0 saturated carbocycles. The molecule has 1 aromatic rings. The summed E-state index contributed by atoms with van der Waals surface area (Å²) in [5, 5.41) is 13.1. The van der Waals surface area contributed by atoms with Crippen molar-refractivity contribution in [1.82, 2.24) is 5.32 Å².